The highest BCUT2D eigenvalue weighted by molar-refractivity contribution is 6.09. The fourth-order valence-electron chi connectivity index (χ4n) is 7.55. The van der Waals surface area contributed by atoms with Crippen LogP contribution in [0.25, 0.3) is 0 Å². The molecule has 1 saturated carbocycles. The number of rotatable bonds is 4. The van der Waals surface area contributed by atoms with E-state index in [1.54, 1.807) is 19.2 Å². The molecule has 9 heteroatoms. The lowest BCUT2D eigenvalue weighted by Gasteiger charge is -2.54. The lowest BCUT2D eigenvalue weighted by molar-refractivity contribution is -0.385. The number of aliphatic hydroxyl groups excluding tert-OH is 1. The molecule has 4 aliphatic rings. The van der Waals surface area contributed by atoms with Crippen LogP contribution < -0.4 is 4.74 Å². The van der Waals surface area contributed by atoms with E-state index in [-0.39, 0.29) is 28.5 Å². The number of esters is 1. The van der Waals surface area contributed by atoms with Crippen molar-refractivity contribution in [2.45, 2.75) is 43.2 Å². The summed E-state index contributed by atoms with van der Waals surface area (Å²) in [7, 11) is 2.97. The minimum Gasteiger partial charge on any atom is -0.496 e. The number of hydrogen-bond donors (Lipinski definition) is 1. The van der Waals surface area contributed by atoms with Crippen LogP contribution in [0.1, 0.15) is 36.8 Å². The number of piperidine rings is 2. The summed E-state index contributed by atoms with van der Waals surface area (Å²) in [6, 6.07) is 12.7. The van der Waals surface area contributed by atoms with Gasteiger partial charge >= 0.3 is 5.97 Å². The maximum atomic E-state index is 12.8. The number of non-ortho nitro benzene ring substituents is 1. The molecule has 0 bridgehead atoms. The standard InChI is InChI=1S/C28H31N3O6/c1-36-24-10-8-17(31(34)35)13-20(24)28-11-12-30-15-16-7-9-23(32)25(27(33)37-2)18(16)14-22(30)26(28)29-21-6-4-3-5-19(21)28/h3-6,8,10,13,16,18,22-23,25,32H,7,9,11-12,14-15H2,1-2H3/t16-,18-,22-,23-,25+,28+/m0/s1. The van der Waals surface area contributed by atoms with Gasteiger partial charge in [-0.2, -0.15) is 0 Å². The molecule has 9 nitrogen and oxygen atoms in total. The lowest BCUT2D eigenvalue weighted by atomic mass is 9.59. The molecule has 0 radical (unpaired) electrons. The van der Waals surface area contributed by atoms with Crippen LogP contribution in [0.15, 0.2) is 47.5 Å². The second-order valence-corrected chi connectivity index (χ2v) is 10.7. The van der Waals surface area contributed by atoms with E-state index in [9.17, 15) is 20.0 Å². The molecule has 3 heterocycles. The highest BCUT2D eigenvalue weighted by Crippen LogP contribution is 2.56. The van der Waals surface area contributed by atoms with Crippen molar-refractivity contribution < 1.29 is 24.3 Å². The Morgan fingerprint density at radius 3 is 2.76 bits per heavy atom. The molecule has 3 aliphatic heterocycles. The molecule has 0 spiro atoms. The van der Waals surface area contributed by atoms with Crippen molar-refractivity contribution in [3.63, 3.8) is 0 Å². The van der Waals surface area contributed by atoms with Crippen LogP contribution >= 0.6 is 0 Å². The molecule has 0 amide bonds. The van der Waals surface area contributed by atoms with Crippen molar-refractivity contribution in [2.75, 3.05) is 27.3 Å². The Kier molecular flexibility index (Phi) is 5.80. The number of aliphatic hydroxyl groups is 1. The van der Waals surface area contributed by atoms with Crippen LogP contribution in [0.3, 0.4) is 0 Å². The topological polar surface area (TPSA) is 114 Å². The van der Waals surface area contributed by atoms with Gasteiger partial charge in [0.1, 0.15) is 5.75 Å². The van der Waals surface area contributed by atoms with Crippen LogP contribution in [-0.4, -0.2) is 66.1 Å². The number of hydrogen-bond acceptors (Lipinski definition) is 8. The number of fused-ring (bicyclic) bond motifs is 6. The fourth-order valence-corrected chi connectivity index (χ4v) is 7.55. The highest BCUT2D eigenvalue weighted by Gasteiger charge is 2.57. The van der Waals surface area contributed by atoms with Gasteiger partial charge in [-0.3, -0.25) is 24.8 Å². The zero-order valence-electron chi connectivity index (χ0n) is 21.0. The third-order valence-electron chi connectivity index (χ3n) is 9.18. The molecular weight excluding hydrogens is 474 g/mol. The van der Waals surface area contributed by atoms with E-state index in [0.717, 1.165) is 48.5 Å². The molecule has 6 rings (SSSR count). The third-order valence-corrected chi connectivity index (χ3v) is 9.18. The van der Waals surface area contributed by atoms with Gasteiger partial charge in [-0.15, -0.1) is 0 Å². The van der Waals surface area contributed by atoms with Crippen LogP contribution in [0.4, 0.5) is 11.4 Å². The van der Waals surface area contributed by atoms with Gasteiger partial charge in [-0.1, -0.05) is 18.2 Å². The van der Waals surface area contributed by atoms with Gasteiger partial charge in [0.2, 0.25) is 0 Å². The van der Waals surface area contributed by atoms with Crippen LogP contribution in [0.5, 0.6) is 5.75 Å². The Balaban J connectivity index is 1.49. The maximum absolute atomic E-state index is 12.8. The van der Waals surface area contributed by atoms with Gasteiger partial charge in [0.15, 0.2) is 0 Å². The number of ether oxygens (including phenoxy) is 2. The fraction of sp³-hybridized carbons (Fsp3) is 0.500. The SMILES string of the molecule is COC(=O)[C@@H]1[C@H]2C[C@H]3C4=Nc5ccccc5[C@@]4(c4cc([N+](=O)[O-])ccc4OC)CCN3C[C@@H]2CC[C@@H]1O. The molecule has 0 unspecified atom stereocenters. The second kappa shape index (κ2) is 8.92. The Labute approximate surface area is 215 Å². The van der Waals surface area contributed by atoms with Crippen LogP contribution in [-0.2, 0) is 14.9 Å². The smallest absolute Gasteiger partial charge is 0.311 e. The van der Waals surface area contributed by atoms with E-state index in [0.29, 0.717) is 24.5 Å². The predicted octanol–water partition coefficient (Wildman–Crippen LogP) is 3.63. The number of para-hydroxylation sites is 1. The van der Waals surface area contributed by atoms with Crippen molar-refractivity contribution in [1.82, 2.24) is 4.90 Å². The van der Waals surface area contributed by atoms with E-state index in [1.807, 2.05) is 18.2 Å². The molecule has 1 aliphatic carbocycles. The summed E-state index contributed by atoms with van der Waals surface area (Å²) in [6.07, 6.45) is 2.15. The van der Waals surface area contributed by atoms with Gasteiger partial charge in [-0.05, 0) is 55.2 Å². The Morgan fingerprint density at radius 2 is 2.00 bits per heavy atom. The Morgan fingerprint density at radius 1 is 1.19 bits per heavy atom. The largest absolute Gasteiger partial charge is 0.496 e. The van der Waals surface area contributed by atoms with Gasteiger partial charge in [-0.25, -0.2) is 0 Å². The molecule has 37 heavy (non-hydrogen) atoms. The maximum Gasteiger partial charge on any atom is 0.311 e. The number of nitro groups is 1. The number of aliphatic imine (C=N–C) groups is 1. The van der Waals surface area contributed by atoms with Crippen LogP contribution in [0.2, 0.25) is 0 Å². The average molecular weight is 506 g/mol. The van der Waals surface area contributed by atoms with E-state index >= 15 is 0 Å². The normalized spacial score (nSPS) is 32.3. The summed E-state index contributed by atoms with van der Waals surface area (Å²) >= 11 is 0. The van der Waals surface area contributed by atoms with E-state index < -0.39 is 17.4 Å². The summed E-state index contributed by atoms with van der Waals surface area (Å²) in [5.41, 5.74) is 2.93. The zero-order valence-corrected chi connectivity index (χ0v) is 21.0. The van der Waals surface area contributed by atoms with Gasteiger partial charge in [0.05, 0.1) is 48.0 Å². The minimum atomic E-state index is -0.715. The predicted molar refractivity (Wildman–Crippen MR) is 136 cm³/mol. The summed E-state index contributed by atoms with van der Waals surface area (Å²) in [5, 5.41) is 22.6. The minimum absolute atomic E-state index is 0.0150. The third kappa shape index (κ3) is 3.51. The quantitative estimate of drug-likeness (QED) is 0.383. The molecule has 2 aromatic rings. The van der Waals surface area contributed by atoms with Crippen molar-refractivity contribution in [3.8, 4) is 5.75 Å². The van der Waals surface area contributed by atoms with Gasteiger partial charge in [0.25, 0.3) is 5.69 Å². The van der Waals surface area contributed by atoms with E-state index in [4.69, 9.17) is 14.5 Å². The summed E-state index contributed by atoms with van der Waals surface area (Å²) < 4.78 is 10.9. The number of methoxy groups -OCH3 is 2. The molecule has 2 aromatic carbocycles. The first kappa shape index (κ1) is 24.1. The van der Waals surface area contributed by atoms with E-state index in [1.165, 1.54) is 13.2 Å². The number of nitro benzene ring substituents is 1. The number of carbonyl (C=O) groups is 1. The average Bonchev–Trinajstić information content (AvgIpc) is 3.27. The Hall–Kier alpha value is -3.30. The summed E-state index contributed by atoms with van der Waals surface area (Å²) in [5.74, 6) is -0.0361. The summed E-state index contributed by atoms with van der Waals surface area (Å²) in [6.45, 7) is 1.62. The first-order chi connectivity index (χ1) is 17.9. The molecule has 3 fully saturated rings. The van der Waals surface area contributed by atoms with Crippen molar-refractivity contribution in [3.05, 3.63) is 63.7 Å². The van der Waals surface area contributed by atoms with Crippen molar-refractivity contribution >= 4 is 23.1 Å². The molecule has 194 valence electrons. The Bertz CT molecular complexity index is 1290. The molecule has 2 saturated heterocycles. The van der Waals surface area contributed by atoms with Gasteiger partial charge < -0.3 is 14.6 Å². The second-order valence-electron chi connectivity index (χ2n) is 10.7. The first-order valence-corrected chi connectivity index (χ1v) is 12.9. The number of nitrogens with zero attached hydrogens (tertiary/aromatic N) is 3. The molecular formula is C28H31N3O6. The first-order valence-electron chi connectivity index (χ1n) is 12.9. The zero-order chi connectivity index (χ0) is 25.9. The van der Waals surface area contributed by atoms with Crippen molar-refractivity contribution in [1.29, 1.82) is 0 Å². The number of carbonyl (C=O) groups excluding carboxylic acids is 1. The van der Waals surface area contributed by atoms with Crippen LogP contribution in [0, 0.1) is 27.9 Å². The van der Waals surface area contributed by atoms with Crippen molar-refractivity contribution in [2.24, 2.45) is 22.7 Å². The monoisotopic (exact) mass is 505 g/mol. The summed E-state index contributed by atoms with van der Waals surface area (Å²) in [4.78, 5) is 31.8. The molecule has 1 N–H and O–H groups in total. The molecule has 0 aromatic heterocycles. The molecule has 6 atom stereocenters. The lowest BCUT2D eigenvalue weighted by Crippen LogP contribution is -2.63. The van der Waals surface area contributed by atoms with E-state index in [2.05, 4.69) is 11.0 Å². The highest BCUT2D eigenvalue weighted by atomic mass is 16.6. The van der Waals surface area contributed by atoms with Gasteiger partial charge in [0, 0.05) is 36.8 Å². The number of benzene rings is 2.